The number of nitrogens with one attached hydrogen (secondary N) is 2. The predicted molar refractivity (Wildman–Crippen MR) is 193 cm³/mol. The van der Waals surface area contributed by atoms with E-state index in [9.17, 15) is 9.59 Å². The van der Waals surface area contributed by atoms with E-state index in [1.54, 1.807) is 0 Å². The van der Waals surface area contributed by atoms with Crippen LogP contribution in [0.1, 0.15) is 70.8 Å². The van der Waals surface area contributed by atoms with Gasteiger partial charge in [0.2, 0.25) is 11.8 Å². The van der Waals surface area contributed by atoms with Gasteiger partial charge in [-0.3, -0.25) is 9.59 Å². The Morgan fingerprint density at radius 3 is 2.04 bits per heavy atom. The van der Waals surface area contributed by atoms with E-state index in [2.05, 4.69) is 82.0 Å². The van der Waals surface area contributed by atoms with E-state index in [0.717, 1.165) is 78.2 Å². The molecule has 0 spiro atoms. The molecule has 2 amide bonds. The average molecular weight is 655 g/mol. The zero-order valence-corrected chi connectivity index (χ0v) is 29.4. The monoisotopic (exact) mass is 654 g/mol. The van der Waals surface area contributed by atoms with Crippen LogP contribution in [0.25, 0.3) is 28.1 Å². The van der Waals surface area contributed by atoms with Crippen molar-refractivity contribution in [2.45, 2.75) is 77.5 Å². The highest BCUT2D eigenvalue weighted by atomic mass is 16.2. The fourth-order valence-corrected chi connectivity index (χ4v) is 6.81. The van der Waals surface area contributed by atoms with E-state index in [0.29, 0.717) is 6.54 Å². The van der Waals surface area contributed by atoms with Crippen molar-refractivity contribution in [2.75, 3.05) is 33.7 Å². The number of benzene rings is 2. The minimum Gasteiger partial charge on any atom is -0.386 e. The summed E-state index contributed by atoms with van der Waals surface area (Å²) in [7, 11) is 3.99. The second-order valence-electron chi connectivity index (χ2n) is 14.1. The molecule has 6 N–H and O–H groups in total. The normalized spacial score (nSPS) is 19.7. The summed E-state index contributed by atoms with van der Waals surface area (Å²) < 4.78 is 0. The molecule has 48 heavy (non-hydrogen) atoms. The van der Waals surface area contributed by atoms with E-state index >= 15 is 0 Å². The number of carbonyl (C=O) groups excluding carboxylic acids is 2. The molecule has 3 heterocycles. The number of nitrogens with zero attached hydrogens (tertiary/aromatic N) is 4. The molecule has 10 heteroatoms. The molecule has 4 atom stereocenters. The smallest absolute Gasteiger partial charge is 0.240 e. The Kier molecular flexibility index (Phi) is 11.3. The third kappa shape index (κ3) is 7.76. The van der Waals surface area contributed by atoms with Gasteiger partial charge in [-0.15, -0.1) is 0 Å². The molecule has 2 saturated heterocycles. The minimum absolute atomic E-state index is 0.00130. The SMILES string of the molecule is CN/C(=C\N(C)C[C@@H]1CCCN1C(=O)C(N)C(C)C)c1ccc(-c2ccc(-c3cnc([C@@H]4CCCN4C(=O)C(N)C(C)C)[nH]3)cc2)cc1. The summed E-state index contributed by atoms with van der Waals surface area (Å²) in [5.41, 5.74) is 18.7. The van der Waals surface area contributed by atoms with Crippen molar-refractivity contribution >= 4 is 17.5 Å². The zero-order chi connectivity index (χ0) is 34.5. The maximum atomic E-state index is 13.0. The van der Waals surface area contributed by atoms with Gasteiger partial charge in [0, 0.05) is 46.0 Å². The molecule has 0 radical (unpaired) electrons. The number of H-pyrrole nitrogens is 1. The van der Waals surface area contributed by atoms with Crippen LogP contribution in [0, 0.1) is 11.8 Å². The largest absolute Gasteiger partial charge is 0.386 e. The number of amides is 2. The van der Waals surface area contributed by atoms with Gasteiger partial charge in [0.25, 0.3) is 0 Å². The number of aromatic nitrogens is 2. The Morgan fingerprint density at radius 2 is 1.44 bits per heavy atom. The number of nitrogens with two attached hydrogens (primary N) is 2. The predicted octanol–water partition coefficient (Wildman–Crippen LogP) is 4.81. The van der Waals surface area contributed by atoms with Crippen molar-refractivity contribution in [1.82, 2.24) is 30.0 Å². The van der Waals surface area contributed by atoms with Crippen molar-refractivity contribution in [2.24, 2.45) is 23.3 Å². The average Bonchev–Trinajstić information content (AvgIpc) is 3.87. The summed E-state index contributed by atoms with van der Waals surface area (Å²) >= 11 is 0. The van der Waals surface area contributed by atoms with Gasteiger partial charge in [-0.25, -0.2) is 4.98 Å². The van der Waals surface area contributed by atoms with E-state index in [1.807, 2.05) is 50.7 Å². The van der Waals surface area contributed by atoms with Crippen LogP contribution < -0.4 is 16.8 Å². The van der Waals surface area contributed by atoms with Gasteiger partial charge in [-0.05, 0) is 59.8 Å². The number of imidazole rings is 1. The first kappa shape index (κ1) is 35.2. The quantitative estimate of drug-likeness (QED) is 0.220. The van der Waals surface area contributed by atoms with Crippen molar-refractivity contribution in [1.29, 1.82) is 0 Å². The number of hydrogen-bond acceptors (Lipinski definition) is 7. The summed E-state index contributed by atoms with van der Waals surface area (Å²) in [6, 6.07) is 16.2. The zero-order valence-electron chi connectivity index (χ0n) is 29.4. The number of hydrogen-bond donors (Lipinski definition) is 4. The highest BCUT2D eigenvalue weighted by molar-refractivity contribution is 5.83. The Hall–Kier alpha value is -4.15. The van der Waals surface area contributed by atoms with Gasteiger partial charge in [0.05, 0.1) is 35.7 Å². The maximum absolute atomic E-state index is 13.0. The van der Waals surface area contributed by atoms with Crippen LogP contribution in [0.2, 0.25) is 0 Å². The fourth-order valence-electron chi connectivity index (χ4n) is 6.81. The lowest BCUT2D eigenvalue weighted by Crippen LogP contribution is -2.50. The number of carbonyl (C=O) groups is 2. The summed E-state index contributed by atoms with van der Waals surface area (Å²) in [4.78, 5) is 40.2. The highest BCUT2D eigenvalue weighted by Crippen LogP contribution is 2.33. The van der Waals surface area contributed by atoms with Crippen LogP contribution in [0.3, 0.4) is 0 Å². The molecule has 0 saturated carbocycles. The molecule has 258 valence electrons. The van der Waals surface area contributed by atoms with E-state index in [-0.39, 0.29) is 35.7 Å². The van der Waals surface area contributed by atoms with E-state index in [4.69, 9.17) is 11.5 Å². The summed E-state index contributed by atoms with van der Waals surface area (Å²) in [6.45, 7) is 10.2. The van der Waals surface area contributed by atoms with Gasteiger partial charge >= 0.3 is 0 Å². The minimum atomic E-state index is -0.496. The lowest BCUT2D eigenvalue weighted by atomic mass is 10.0. The maximum Gasteiger partial charge on any atom is 0.240 e. The number of rotatable bonds is 12. The molecule has 2 aliphatic rings. The van der Waals surface area contributed by atoms with Gasteiger partial charge in [0.1, 0.15) is 5.82 Å². The molecular weight excluding hydrogens is 600 g/mol. The van der Waals surface area contributed by atoms with Crippen LogP contribution in [0.4, 0.5) is 0 Å². The topological polar surface area (TPSA) is 137 Å². The van der Waals surface area contributed by atoms with Gasteiger partial charge in [0.15, 0.2) is 0 Å². The molecule has 2 unspecified atom stereocenters. The molecule has 10 nitrogen and oxygen atoms in total. The Morgan fingerprint density at radius 1 is 0.896 bits per heavy atom. The molecule has 3 aromatic rings. The lowest BCUT2D eigenvalue weighted by Gasteiger charge is -2.31. The molecule has 0 bridgehead atoms. The first-order valence-corrected chi connectivity index (χ1v) is 17.5. The lowest BCUT2D eigenvalue weighted by molar-refractivity contribution is -0.135. The highest BCUT2D eigenvalue weighted by Gasteiger charge is 2.35. The van der Waals surface area contributed by atoms with E-state index in [1.165, 1.54) is 0 Å². The second-order valence-corrected chi connectivity index (χ2v) is 14.1. The van der Waals surface area contributed by atoms with Crippen LogP contribution in [-0.2, 0) is 9.59 Å². The number of likely N-dealkylation sites (N-methyl/N-ethyl adjacent to an activating group) is 1. The van der Waals surface area contributed by atoms with Gasteiger partial charge in [-0.1, -0.05) is 76.2 Å². The Labute approximate surface area is 285 Å². The molecule has 2 aromatic carbocycles. The molecule has 2 aliphatic heterocycles. The van der Waals surface area contributed by atoms with Crippen molar-refractivity contribution in [3.8, 4) is 22.4 Å². The van der Waals surface area contributed by atoms with Crippen LogP contribution in [0.5, 0.6) is 0 Å². The van der Waals surface area contributed by atoms with Gasteiger partial charge in [-0.2, -0.15) is 0 Å². The Bertz CT molecular complexity index is 1560. The summed E-state index contributed by atoms with van der Waals surface area (Å²) in [6.07, 6.45) is 7.81. The first-order valence-electron chi connectivity index (χ1n) is 17.5. The van der Waals surface area contributed by atoms with Crippen molar-refractivity contribution in [3.63, 3.8) is 0 Å². The molecule has 1 aromatic heterocycles. The van der Waals surface area contributed by atoms with Crippen LogP contribution >= 0.6 is 0 Å². The number of likely N-dealkylation sites (tertiary alicyclic amines) is 2. The first-order chi connectivity index (χ1) is 23.0. The fraction of sp³-hybridized carbons (Fsp3) is 0.500. The van der Waals surface area contributed by atoms with Crippen LogP contribution in [-0.4, -0.2) is 88.3 Å². The summed E-state index contributed by atoms with van der Waals surface area (Å²) in [5, 5.41) is 3.35. The molecule has 2 fully saturated rings. The van der Waals surface area contributed by atoms with E-state index < -0.39 is 12.1 Å². The standard InChI is InChI=1S/C38H54N8O2/c1-24(2)34(39)37(47)45-19-7-9-30(45)22-44(6)23-32(41-5)29-17-13-27(14-18-29)26-11-15-28(16-12-26)31-21-42-36(43-31)33-10-8-20-46(33)38(48)35(40)25(3)4/h11-18,21,23-25,30,33-35,41H,7-10,19-20,22,39-40H2,1-6H3,(H,42,43)/b32-23-/t30-,33-,34?,35?/m0/s1. The molecule has 0 aliphatic carbocycles. The van der Waals surface area contributed by atoms with Crippen molar-refractivity contribution in [3.05, 3.63) is 72.3 Å². The second kappa shape index (κ2) is 15.4. The Balaban J connectivity index is 1.22. The van der Waals surface area contributed by atoms with Gasteiger partial charge < -0.3 is 36.5 Å². The summed E-state index contributed by atoms with van der Waals surface area (Å²) in [5.74, 6) is 1.10. The third-order valence-corrected chi connectivity index (χ3v) is 9.96. The molecule has 5 rings (SSSR count). The third-order valence-electron chi connectivity index (χ3n) is 9.96. The van der Waals surface area contributed by atoms with Crippen molar-refractivity contribution < 1.29 is 9.59 Å². The molecular formula is C38H54N8O2. The van der Waals surface area contributed by atoms with Crippen LogP contribution in [0.15, 0.2) is 60.9 Å². The number of aromatic amines is 1.